The van der Waals surface area contributed by atoms with Crippen molar-refractivity contribution >= 4 is 17.7 Å². The van der Waals surface area contributed by atoms with E-state index in [1.807, 2.05) is 30.3 Å². The second-order valence-corrected chi connectivity index (χ2v) is 5.99. The third kappa shape index (κ3) is 4.43. The molecule has 0 fully saturated rings. The smallest absolute Gasteiger partial charge is 0.311 e. The molecule has 0 saturated carbocycles. The molecule has 2 unspecified atom stereocenters. The standard InChI is InChI=1S/C14H20O2S/c1-10(2)11(3)17-9-13(14(15)16)12-7-5-4-6-8-12/h4-8,10-11,13H,9H2,1-3H3,(H,15,16). The Hall–Kier alpha value is -0.960. The molecule has 0 spiro atoms. The van der Waals surface area contributed by atoms with Crippen LogP contribution >= 0.6 is 11.8 Å². The maximum absolute atomic E-state index is 11.3. The molecule has 3 heteroatoms. The van der Waals surface area contributed by atoms with Gasteiger partial charge in [-0.05, 0) is 11.5 Å². The monoisotopic (exact) mass is 252 g/mol. The molecule has 0 aromatic heterocycles. The summed E-state index contributed by atoms with van der Waals surface area (Å²) in [5, 5.41) is 9.75. The van der Waals surface area contributed by atoms with Gasteiger partial charge in [0.25, 0.3) is 0 Å². The van der Waals surface area contributed by atoms with Crippen molar-refractivity contribution in [3.63, 3.8) is 0 Å². The zero-order chi connectivity index (χ0) is 12.8. The van der Waals surface area contributed by atoms with Crippen LogP contribution in [-0.2, 0) is 4.79 Å². The van der Waals surface area contributed by atoms with E-state index in [9.17, 15) is 9.90 Å². The normalized spacial score (nSPS) is 14.6. The zero-order valence-corrected chi connectivity index (χ0v) is 11.4. The van der Waals surface area contributed by atoms with Crippen LogP contribution in [0.15, 0.2) is 30.3 Å². The molecule has 1 N–H and O–H groups in total. The Morgan fingerprint density at radius 2 is 1.82 bits per heavy atom. The molecule has 0 bridgehead atoms. The first-order valence-corrected chi connectivity index (χ1v) is 6.96. The van der Waals surface area contributed by atoms with Gasteiger partial charge in [-0.3, -0.25) is 4.79 Å². The van der Waals surface area contributed by atoms with Gasteiger partial charge in [-0.15, -0.1) is 0 Å². The van der Waals surface area contributed by atoms with Crippen LogP contribution in [0.3, 0.4) is 0 Å². The van der Waals surface area contributed by atoms with E-state index >= 15 is 0 Å². The summed E-state index contributed by atoms with van der Waals surface area (Å²) in [6, 6.07) is 9.47. The fraction of sp³-hybridized carbons (Fsp3) is 0.500. The van der Waals surface area contributed by atoms with Crippen molar-refractivity contribution in [1.82, 2.24) is 0 Å². The molecule has 0 radical (unpaired) electrons. The largest absolute Gasteiger partial charge is 0.481 e. The summed E-state index contributed by atoms with van der Waals surface area (Å²) < 4.78 is 0. The van der Waals surface area contributed by atoms with E-state index in [0.717, 1.165) is 5.56 Å². The molecule has 0 amide bonds. The van der Waals surface area contributed by atoms with E-state index in [4.69, 9.17) is 0 Å². The van der Waals surface area contributed by atoms with Crippen LogP contribution in [0.25, 0.3) is 0 Å². The Morgan fingerprint density at radius 3 is 2.29 bits per heavy atom. The van der Waals surface area contributed by atoms with Crippen molar-refractivity contribution in [2.45, 2.75) is 31.9 Å². The van der Waals surface area contributed by atoms with Gasteiger partial charge < -0.3 is 5.11 Å². The summed E-state index contributed by atoms with van der Waals surface area (Å²) in [6.45, 7) is 6.48. The summed E-state index contributed by atoms with van der Waals surface area (Å²) in [6.07, 6.45) is 0. The van der Waals surface area contributed by atoms with Crippen LogP contribution in [0.4, 0.5) is 0 Å². The molecular weight excluding hydrogens is 232 g/mol. The number of rotatable bonds is 6. The number of benzene rings is 1. The van der Waals surface area contributed by atoms with Gasteiger partial charge in [0.05, 0.1) is 5.92 Å². The first-order chi connectivity index (χ1) is 8.02. The van der Waals surface area contributed by atoms with Gasteiger partial charge in [-0.1, -0.05) is 51.1 Å². The van der Waals surface area contributed by atoms with Gasteiger partial charge in [0, 0.05) is 11.0 Å². The lowest BCUT2D eigenvalue weighted by Gasteiger charge is -2.18. The van der Waals surface area contributed by atoms with E-state index in [-0.39, 0.29) is 0 Å². The first-order valence-electron chi connectivity index (χ1n) is 5.91. The number of carbonyl (C=O) groups is 1. The Bertz CT molecular complexity index is 348. The predicted molar refractivity (Wildman–Crippen MR) is 73.6 cm³/mol. The highest BCUT2D eigenvalue weighted by Crippen LogP contribution is 2.26. The molecule has 0 saturated heterocycles. The Balaban J connectivity index is 2.66. The van der Waals surface area contributed by atoms with Crippen molar-refractivity contribution in [2.24, 2.45) is 5.92 Å². The van der Waals surface area contributed by atoms with Crippen molar-refractivity contribution < 1.29 is 9.90 Å². The van der Waals surface area contributed by atoms with Crippen LogP contribution in [0, 0.1) is 5.92 Å². The number of thioether (sulfide) groups is 1. The quantitative estimate of drug-likeness (QED) is 0.840. The summed E-state index contributed by atoms with van der Waals surface area (Å²) in [5.74, 6) is 0.0749. The van der Waals surface area contributed by atoms with Crippen LogP contribution < -0.4 is 0 Å². The molecule has 17 heavy (non-hydrogen) atoms. The molecule has 1 aromatic carbocycles. The summed E-state index contributed by atoms with van der Waals surface area (Å²) in [5.41, 5.74) is 0.892. The number of hydrogen-bond acceptors (Lipinski definition) is 2. The highest BCUT2D eigenvalue weighted by atomic mass is 32.2. The molecule has 94 valence electrons. The van der Waals surface area contributed by atoms with Crippen LogP contribution in [0.1, 0.15) is 32.3 Å². The lowest BCUT2D eigenvalue weighted by molar-refractivity contribution is -0.138. The lowest BCUT2D eigenvalue weighted by atomic mass is 10.0. The topological polar surface area (TPSA) is 37.3 Å². The van der Waals surface area contributed by atoms with E-state index in [1.165, 1.54) is 0 Å². The minimum absolute atomic E-state index is 0.401. The fourth-order valence-corrected chi connectivity index (χ4v) is 2.65. The molecule has 0 aliphatic carbocycles. The highest BCUT2D eigenvalue weighted by Gasteiger charge is 2.21. The highest BCUT2D eigenvalue weighted by molar-refractivity contribution is 7.99. The predicted octanol–water partition coefficient (Wildman–Crippen LogP) is 3.63. The molecule has 2 atom stereocenters. The maximum atomic E-state index is 11.3. The summed E-state index contributed by atoms with van der Waals surface area (Å²) in [4.78, 5) is 11.3. The lowest BCUT2D eigenvalue weighted by Crippen LogP contribution is -2.17. The van der Waals surface area contributed by atoms with Gasteiger partial charge >= 0.3 is 5.97 Å². The van der Waals surface area contributed by atoms with Crippen molar-refractivity contribution in [1.29, 1.82) is 0 Å². The molecule has 0 aliphatic rings. The maximum Gasteiger partial charge on any atom is 0.311 e. The third-order valence-corrected chi connectivity index (χ3v) is 4.56. The van der Waals surface area contributed by atoms with Crippen LogP contribution in [0.2, 0.25) is 0 Å². The number of aliphatic carboxylic acids is 1. The van der Waals surface area contributed by atoms with Crippen molar-refractivity contribution in [3.05, 3.63) is 35.9 Å². The summed E-state index contributed by atoms with van der Waals surface area (Å²) in [7, 11) is 0. The minimum Gasteiger partial charge on any atom is -0.481 e. The van der Waals surface area contributed by atoms with Crippen molar-refractivity contribution in [2.75, 3.05) is 5.75 Å². The molecule has 1 aromatic rings. The van der Waals surface area contributed by atoms with Gasteiger partial charge in [0.15, 0.2) is 0 Å². The number of hydrogen-bond donors (Lipinski definition) is 1. The number of carboxylic acids is 1. The van der Waals surface area contributed by atoms with Gasteiger partial charge in [-0.2, -0.15) is 11.8 Å². The van der Waals surface area contributed by atoms with E-state index < -0.39 is 11.9 Å². The zero-order valence-electron chi connectivity index (χ0n) is 10.6. The first kappa shape index (κ1) is 14.1. The average Bonchev–Trinajstić information content (AvgIpc) is 2.29. The summed E-state index contributed by atoms with van der Waals surface area (Å²) >= 11 is 1.73. The fourth-order valence-electron chi connectivity index (χ4n) is 1.44. The van der Waals surface area contributed by atoms with E-state index in [2.05, 4.69) is 20.8 Å². The molecule has 2 nitrogen and oxygen atoms in total. The average molecular weight is 252 g/mol. The second kappa shape index (κ2) is 6.70. The Labute approximate surface area is 107 Å². The molecule has 1 rings (SSSR count). The van der Waals surface area contributed by atoms with Gasteiger partial charge in [0.1, 0.15) is 0 Å². The Kier molecular flexibility index (Phi) is 5.56. The molecular formula is C14H20O2S. The van der Waals surface area contributed by atoms with Crippen LogP contribution in [-0.4, -0.2) is 22.1 Å². The SMILES string of the molecule is CC(C)C(C)SCC(C(=O)O)c1ccccc1. The third-order valence-electron chi connectivity index (χ3n) is 2.96. The molecule has 0 heterocycles. The van der Waals surface area contributed by atoms with Gasteiger partial charge in [0.2, 0.25) is 0 Å². The van der Waals surface area contributed by atoms with Gasteiger partial charge in [-0.25, -0.2) is 0 Å². The van der Waals surface area contributed by atoms with Crippen molar-refractivity contribution in [3.8, 4) is 0 Å². The van der Waals surface area contributed by atoms with E-state index in [0.29, 0.717) is 16.9 Å². The van der Waals surface area contributed by atoms with E-state index in [1.54, 1.807) is 11.8 Å². The molecule has 0 aliphatic heterocycles. The Morgan fingerprint density at radius 1 is 1.24 bits per heavy atom. The minimum atomic E-state index is -0.736. The second-order valence-electron chi connectivity index (χ2n) is 4.58. The number of carboxylic acid groups (broad SMARTS) is 1. The van der Waals surface area contributed by atoms with Crippen LogP contribution in [0.5, 0.6) is 0 Å².